The van der Waals surface area contributed by atoms with Crippen LogP contribution in [0.25, 0.3) is 33.4 Å². The number of carbonyl (C=O) groups excluding carboxylic acids is 4. The Morgan fingerprint density at radius 3 is 2.06 bits per heavy atom. The SMILES string of the molecule is COC(=O)N[C@@H](CC(F)(F)F)C(=O)N1CCC[C@H]1c1ncc(-c2ccc(-c3ccc4nc([C@@H]5CCCN5C(=O)[C@@H](NC(=O)OC)C(C)C)[nH]c4c3)cc2)[nH]1. The highest BCUT2D eigenvalue weighted by atomic mass is 19.4. The van der Waals surface area contributed by atoms with Crippen LogP contribution in [0.1, 0.15) is 69.7 Å². The fourth-order valence-corrected chi connectivity index (χ4v) is 7.20. The van der Waals surface area contributed by atoms with Crippen molar-refractivity contribution in [2.24, 2.45) is 5.92 Å². The van der Waals surface area contributed by atoms with Gasteiger partial charge in [0, 0.05) is 13.1 Å². The van der Waals surface area contributed by atoms with Gasteiger partial charge in [-0.3, -0.25) is 9.59 Å². The Morgan fingerprint density at radius 1 is 0.833 bits per heavy atom. The molecule has 2 fully saturated rings. The van der Waals surface area contributed by atoms with Gasteiger partial charge in [-0.1, -0.05) is 44.2 Å². The minimum absolute atomic E-state index is 0.142. The number of benzene rings is 2. The van der Waals surface area contributed by atoms with Gasteiger partial charge in [-0.2, -0.15) is 13.2 Å². The summed E-state index contributed by atoms with van der Waals surface area (Å²) in [5.41, 5.74) is 4.92. The summed E-state index contributed by atoms with van der Waals surface area (Å²) in [6, 6.07) is 10.2. The van der Waals surface area contributed by atoms with Gasteiger partial charge in [0.05, 0.1) is 55.6 Å². The number of amides is 4. The second-order valence-corrected chi connectivity index (χ2v) is 13.9. The Labute approximate surface area is 309 Å². The second-order valence-electron chi connectivity index (χ2n) is 13.9. The van der Waals surface area contributed by atoms with Gasteiger partial charge in [0.2, 0.25) is 11.8 Å². The van der Waals surface area contributed by atoms with E-state index in [9.17, 15) is 32.3 Å². The van der Waals surface area contributed by atoms with Crippen molar-refractivity contribution in [3.63, 3.8) is 0 Å². The topological polar surface area (TPSA) is 175 Å². The van der Waals surface area contributed by atoms with E-state index in [0.29, 0.717) is 36.7 Å². The highest BCUT2D eigenvalue weighted by Crippen LogP contribution is 2.36. The molecule has 0 radical (unpaired) electrons. The number of imidazole rings is 2. The molecular formula is C37H43F3N8O6. The lowest BCUT2D eigenvalue weighted by molar-refractivity contribution is -0.154. The molecule has 4 heterocycles. The number of aromatic amines is 2. The normalized spacial score (nSPS) is 18.5. The second kappa shape index (κ2) is 15.8. The Bertz CT molecular complexity index is 1990. The molecule has 4 aromatic rings. The van der Waals surface area contributed by atoms with Gasteiger partial charge in [-0.25, -0.2) is 19.6 Å². The van der Waals surface area contributed by atoms with Crippen molar-refractivity contribution >= 4 is 35.0 Å². The van der Waals surface area contributed by atoms with Gasteiger partial charge >= 0.3 is 18.4 Å². The van der Waals surface area contributed by atoms with Crippen LogP contribution in [0.4, 0.5) is 22.8 Å². The Morgan fingerprint density at radius 2 is 1.43 bits per heavy atom. The lowest BCUT2D eigenvalue weighted by Gasteiger charge is -2.29. The van der Waals surface area contributed by atoms with Crippen molar-refractivity contribution in [1.29, 1.82) is 0 Å². The number of aromatic nitrogens is 4. The maximum Gasteiger partial charge on any atom is 0.407 e. The van der Waals surface area contributed by atoms with Crippen molar-refractivity contribution in [3.05, 3.63) is 60.3 Å². The number of halogens is 3. The number of nitrogens with zero attached hydrogens (tertiary/aromatic N) is 4. The molecule has 4 amide bonds. The Balaban J connectivity index is 1.16. The number of ether oxygens (including phenoxy) is 2. The molecule has 54 heavy (non-hydrogen) atoms. The van der Waals surface area contributed by atoms with E-state index in [4.69, 9.17) is 9.72 Å². The number of H-pyrrole nitrogens is 2. The van der Waals surface area contributed by atoms with Gasteiger partial charge in [0.1, 0.15) is 23.7 Å². The van der Waals surface area contributed by atoms with E-state index >= 15 is 0 Å². The lowest BCUT2D eigenvalue weighted by atomic mass is 10.0. The standard InChI is InChI=1S/C37H43F3N8O6/c1-20(2)30(46-36(52)54-4)34(50)48-16-6-8-29(48)32-42-24-14-13-23(17-25(24)43-32)21-9-11-22(12-10-21)27-19-41-31(44-27)28-7-5-15-47(28)33(49)26(18-37(38,39)40)45-35(51)53-3/h9-14,17,19-20,26,28-30H,5-8,15-16,18H2,1-4H3,(H,41,44)(H,42,43)(H,45,51)(H,46,52)/t26-,28-,29-,30-/m0/s1. The number of rotatable bonds is 10. The third-order valence-electron chi connectivity index (χ3n) is 9.93. The van der Waals surface area contributed by atoms with Crippen LogP contribution in [0.5, 0.6) is 0 Å². The predicted octanol–water partition coefficient (Wildman–Crippen LogP) is 6.00. The fraction of sp³-hybridized carbons (Fsp3) is 0.459. The third-order valence-corrected chi connectivity index (χ3v) is 9.93. The highest BCUT2D eigenvalue weighted by Gasteiger charge is 2.42. The van der Waals surface area contributed by atoms with Crippen molar-refractivity contribution in [1.82, 2.24) is 40.4 Å². The van der Waals surface area contributed by atoms with E-state index in [0.717, 1.165) is 47.7 Å². The molecule has 0 bridgehead atoms. The summed E-state index contributed by atoms with van der Waals surface area (Å²) in [6.07, 6.45) is -3.77. The van der Waals surface area contributed by atoms with Crippen LogP contribution in [0.3, 0.4) is 0 Å². The van der Waals surface area contributed by atoms with Crippen LogP contribution >= 0.6 is 0 Å². The Kier molecular flexibility index (Phi) is 11.1. The largest absolute Gasteiger partial charge is 0.453 e. The fourth-order valence-electron chi connectivity index (χ4n) is 7.20. The van der Waals surface area contributed by atoms with E-state index in [1.165, 1.54) is 12.0 Å². The van der Waals surface area contributed by atoms with Gasteiger partial charge in [0.15, 0.2) is 0 Å². The van der Waals surface area contributed by atoms with Crippen LogP contribution in [0.2, 0.25) is 0 Å². The number of nitrogens with one attached hydrogen (secondary N) is 4. The lowest BCUT2D eigenvalue weighted by Crippen LogP contribution is -2.51. The minimum Gasteiger partial charge on any atom is -0.453 e. The maximum absolute atomic E-state index is 13.6. The first-order valence-electron chi connectivity index (χ1n) is 17.8. The first-order valence-corrected chi connectivity index (χ1v) is 17.8. The molecule has 2 aromatic carbocycles. The molecule has 4 atom stereocenters. The van der Waals surface area contributed by atoms with Crippen molar-refractivity contribution in [2.75, 3.05) is 27.3 Å². The average molecular weight is 753 g/mol. The molecule has 0 spiro atoms. The van der Waals surface area contributed by atoms with E-state index < -0.39 is 48.8 Å². The number of likely N-dealkylation sites (tertiary alicyclic amines) is 2. The van der Waals surface area contributed by atoms with Crippen molar-refractivity contribution < 1.29 is 41.8 Å². The average Bonchev–Trinajstić information content (AvgIpc) is 3.97. The Hall–Kier alpha value is -5.61. The van der Waals surface area contributed by atoms with Crippen molar-refractivity contribution in [2.45, 2.75) is 76.3 Å². The molecule has 2 aliphatic rings. The predicted molar refractivity (Wildman–Crippen MR) is 191 cm³/mol. The monoisotopic (exact) mass is 752 g/mol. The van der Waals surface area contributed by atoms with Gasteiger partial charge in [-0.15, -0.1) is 0 Å². The molecule has 288 valence electrons. The highest BCUT2D eigenvalue weighted by molar-refractivity contribution is 5.87. The first-order chi connectivity index (χ1) is 25.8. The van der Waals surface area contributed by atoms with Gasteiger partial charge in [-0.05, 0) is 60.4 Å². The zero-order chi connectivity index (χ0) is 38.7. The van der Waals surface area contributed by atoms with Gasteiger partial charge < -0.3 is 39.9 Å². The van der Waals surface area contributed by atoms with Crippen LogP contribution in [0.15, 0.2) is 48.7 Å². The molecule has 4 N–H and O–H groups in total. The summed E-state index contributed by atoms with van der Waals surface area (Å²) < 4.78 is 49.1. The third kappa shape index (κ3) is 8.29. The smallest absolute Gasteiger partial charge is 0.407 e. The van der Waals surface area contributed by atoms with E-state index in [1.54, 1.807) is 11.1 Å². The maximum atomic E-state index is 13.6. The number of hydrogen-bond acceptors (Lipinski definition) is 8. The number of alkyl carbamates (subject to hydrolysis) is 2. The molecule has 6 rings (SSSR count). The number of carbonyl (C=O) groups is 4. The summed E-state index contributed by atoms with van der Waals surface area (Å²) in [7, 11) is 2.28. The van der Waals surface area contributed by atoms with Crippen LogP contribution in [-0.2, 0) is 19.1 Å². The molecule has 2 aliphatic heterocycles. The van der Waals surface area contributed by atoms with Crippen LogP contribution < -0.4 is 10.6 Å². The molecule has 0 saturated carbocycles. The number of methoxy groups -OCH3 is 2. The molecule has 0 unspecified atom stereocenters. The summed E-state index contributed by atoms with van der Waals surface area (Å²) in [5, 5.41) is 4.70. The van der Waals surface area contributed by atoms with Gasteiger partial charge in [0.25, 0.3) is 0 Å². The van der Waals surface area contributed by atoms with E-state index in [2.05, 4.69) is 25.0 Å². The van der Waals surface area contributed by atoms with Crippen LogP contribution in [0, 0.1) is 5.92 Å². The quantitative estimate of drug-likeness (QED) is 0.153. The van der Waals surface area contributed by atoms with E-state index in [1.807, 2.05) is 61.6 Å². The molecule has 2 saturated heterocycles. The minimum atomic E-state index is -4.68. The molecular weight excluding hydrogens is 709 g/mol. The molecule has 17 heteroatoms. The zero-order valence-electron chi connectivity index (χ0n) is 30.3. The molecule has 14 nitrogen and oxygen atoms in total. The molecule has 2 aromatic heterocycles. The number of alkyl halides is 3. The first kappa shape index (κ1) is 38.1. The number of fused-ring (bicyclic) bond motifs is 1. The summed E-state index contributed by atoms with van der Waals surface area (Å²) in [6.45, 7) is 4.51. The summed E-state index contributed by atoms with van der Waals surface area (Å²) in [4.78, 5) is 69.6. The zero-order valence-corrected chi connectivity index (χ0v) is 30.3. The van der Waals surface area contributed by atoms with Crippen molar-refractivity contribution in [3.8, 4) is 22.4 Å². The van der Waals surface area contributed by atoms with Crippen LogP contribution in [-0.4, -0.2) is 99.3 Å². The van der Waals surface area contributed by atoms with E-state index in [-0.39, 0.29) is 24.4 Å². The number of hydrogen-bond donors (Lipinski definition) is 4. The summed E-state index contributed by atoms with van der Waals surface area (Å²) in [5.74, 6) is -0.0638. The molecule has 0 aliphatic carbocycles. The summed E-state index contributed by atoms with van der Waals surface area (Å²) >= 11 is 0.